The Kier molecular flexibility index (Phi) is 7.26. The molecule has 0 radical (unpaired) electrons. The van der Waals surface area contributed by atoms with Crippen LogP contribution in [0, 0.1) is 6.92 Å². The second-order valence-electron chi connectivity index (χ2n) is 6.77. The number of carbonyl (C=O) groups excluding carboxylic acids is 3. The zero-order valence-corrected chi connectivity index (χ0v) is 17.4. The van der Waals surface area contributed by atoms with E-state index in [1.807, 2.05) is 31.2 Å². The number of rotatable bonds is 8. The van der Waals surface area contributed by atoms with Gasteiger partial charge in [-0.2, -0.15) is 0 Å². The van der Waals surface area contributed by atoms with E-state index < -0.39 is 18.0 Å². The Balaban J connectivity index is 1.71. The van der Waals surface area contributed by atoms with Crippen LogP contribution in [0.4, 0.5) is 4.79 Å². The lowest BCUT2D eigenvalue weighted by Gasteiger charge is -2.21. The summed E-state index contributed by atoms with van der Waals surface area (Å²) in [6.45, 7) is 3.87. The summed E-state index contributed by atoms with van der Waals surface area (Å²) in [6, 6.07) is 14.1. The Hall–Kier alpha value is -3.81. The molecule has 31 heavy (non-hydrogen) atoms. The van der Waals surface area contributed by atoms with Gasteiger partial charge in [0.1, 0.15) is 24.5 Å². The van der Waals surface area contributed by atoms with Gasteiger partial charge >= 0.3 is 18.0 Å². The molecule has 0 fully saturated rings. The molecule has 162 valence electrons. The first-order valence-corrected chi connectivity index (χ1v) is 9.87. The number of esters is 2. The van der Waals surface area contributed by atoms with Crippen LogP contribution in [0.2, 0.25) is 0 Å². The predicted octanol–water partition coefficient (Wildman–Crippen LogP) is 2.86. The molecule has 2 amide bonds. The van der Waals surface area contributed by atoms with Crippen LogP contribution >= 0.6 is 0 Å². The van der Waals surface area contributed by atoms with E-state index in [2.05, 4.69) is 10.6 Å². The van der Waals surface area contributed by atoms with Gasteiger partial charge in [0.25, 0.3) is 0 Å². The fourth-order valence-electron chi connectivity index (χ4n) is 2.97. The van der Waals surface area contributed by atoms with Gasteiger partial charge in [-0.15, -0.1) is 0 Å². The molecule has 0 saturated heterocycles. The molecule has 8 heteroatoms. The van der Waals surface area contributed by atoms with Crippen molar-refractivity contribution in [2.75, 3.05) is 19.8 Å². The van der Waals surface area contributed by atoms with Crippen LogP contribution in [0.5, 0.6) is 5.75 Å². The van der Waals surface area contributed by atoms with E-state index in [4.69, 9.17) is 14.2 Å². The lowest BCUT2D eigenvalue weighted by Crippen LogP contribution is -2.45. The number of hydrogen-bond acceptors (Lipinski definition) is 6. The zero-order valence-electron chi connectivity index (χ0n) is 17.4. The minimum absolute atomic E-state index is 0.00627. The van der Waals surface area contributed by atoms with Gasteiger partial charge in [0.05, 0.1) is 24.4 Å². The highest BCUT2D eigenvalue weighted by atomic mass is 16.5. The minimum Gasteiger partial charge on any atom is -0.488 e. The highest BCUT2D eigenvalue weighted by molar-refractivity contribution is 5.95. The largest absolute Gasteiger partial charge is 0.488 e. The number of carbonyl (C=O) groups is 3. The Labute approximate surface area is 180 Å². The molecule has 2 aromatic rings. The number of urea groups is 1. The summed E-state index contributed by atoms with van der Waals surface area (Å²) < 4.78 is 16.2. The standard InChI is InChI=1S/C23H24N2O6/c1-3-29-22(27)18-12-24-23(28)25-19(18)14-31-21(26)17-10-6-7-11-20(17)30-13-16-9-5-4-8-15(16)2/h4-11H,3,12-14H2,1-2H3,(H2,24,25,28). The topological polar surface area (TPSA) is 103 Å². The minimum atomic E-state index is -0.635. The second kappa shape index (κ2) is 10.3. The summed E-state index contributed by atoms with van der Waals surface area (Å²) >= 11 is 0. The maximum Gasteiger partial charge on any atom is 0.342 e. The summed E-state index contributed by atoms with van der Waals surface area (Å²) in [5.74, 6) is -0.836. The van der Waals surface area contributed by atoms with Crippen LogP contribution in [-0.2, 0) is 20.9 Å². The number of hydrogen-bond donors (Lipinski definition) is 2. The van der Waals surface area contributed by atoms with Crippen LogP contribution in [-0.4, -0.2) is 37.7 Å². The summed E-state index contributed by atoms with van der Waals surface area (Å²) in [7, 11) is 0. The summed E-state index contributed by atoms with van der Waals surface area (Å²) in [5, 5.41) is 5.00. The maximum atomic E-state index is 12.7. The molecule has 0 aromatic heterocycles. The van der Waals surface area contributed by atoms with E-state index in [-0.39, 0.29) is 36.6 Å². The number of benzene rings is 2. The van der Waals surface area contributed by atoms with Gasteiger partial charge in [-0.3, -0.25) is 0 Å². The van der Waals surface area contributed by atoms with Gasteiger partial charge in [-0.05, 0) is 37.1 Å². The predicted molar refractivity (Wildman–Crippen MR) is 112 cm³/mol. The fraction of sp³-hybridized carbons (Fsp3) is 0.261. The van der Waals surface area contributed by atoms with Crippen molar-refractivity contribution in [3.05, 3.63) is 76.5 Å². The summed E-state index contributed by atoms with van der Waals surface area (Å²) in [5.41, 5.74) is 2.73. The first-order chi connectivity index (χ1) is 15.0. The Morgan fingerprint density at radius 3 is 2.48 bits per heavy atom. The van der Waals surface area contributed by atoms with Gasteiger partial charge < -0.3 is 24.8 Å². The number of nitrogens with one attached hydrogen (secondary N) is 2. The van der Waals surface area contributed by atoms with Gasteiger partial charge in [-0.25, -0.2) is 14.4 Å². The molecule has 2 aromatic carbocycles. The molecule has 1 aliphatic heterocycles. The van der Waals surface area contributed by atoms with Crippen molar-refractivity contribution in [1.82, 2.24) is 10.6 Å². The number of ether oxygens (including phenoxy) is 3. The second-order valence-corrected chi connectivity index (χ2v) is 6.77. The van der Waals surface area contributed by atoms with Gasteiger partial charge in [0, 0.05) is 0 Å². The van der Waals surface area contributed by atoms with E-state index in [1.54, 1.807) is 31.2 Å². The quantitative estimate of drug-likeness (QED) is 0.632. The SMILES string of the molecule is CCOC(=O)C1=C(COC(=O)c2ccccc2OCc2ccccc2C)NC(=O)NC1. The Morgan fingerprint density at radius 2 is 1.71 bits per heavy atom. The average Bonchev–Trinajstić information content (AvgIpc) is 2.77. The van der Waals surface area contributed by atoms with Crippen molar-refractivity contribution >= 4 is 18.0 Å². The maximum absolute atomic E-state index is 12.7. The molecule has 1 aliphatic rings. The monoisotopic (exact) mass is 424 g/mol. The molecule has 8 nitrogen and oxygen atoms in total. The molecule has 0 bridgehead atoms. The van der Waals surface area contributed by atoms with Gasteiger partial charge in [0.15, 0.2) is 0 Å². The van der Waals surface area contributed by atoms with E-state index >= 15 is 0 Å². The highest BCUT2D eigenvalue weighted by Gasteiger charge is 2.25. The molecule has 1 heterocycles. The smallest absolute Gasteiger partial charge is 0.342 e. The highest BCUT2D eigenvalue weighted by Crippen LogP contribution is 2.21. The lowest BCUT2D eigenvalue weighted by molar-refractivity contribution is -0.138. The normalized spacial score (nSPS) is 13.2. The fourth-order valence-corrected chi connectivity index (χ4v) is 2.97. The first-order valence-electron chi connectivity index (χ1n) is 9.87. The number of aryl methyl sites for hydroxylation is 1. The molecule has 0 unspecified atom stereocenters. The van der Waals surface area contributed by atoms with Crippen molar-refractivity contribution in [2.24, 2.45) is 0 Å². The first kappa shape index (κ1) is 21.9. The van der Waals surface area contributed by atoms with E-state index in [9.17, 15) is 14.4 Å². The molecule has 0 atom stereocenters. The zero-order chi connectivity index (χ0) is 22.2. The Bertz CT molecular complexity index is 1010. The molecule has 3 rings (SSSR count). The van der Waals surface area contributed by atoms with E-state index in [0.29, 0.717) is 12.4 Å². The number of para-hydroxylation sites is 1. The average molecular weight is 424 g/mol. The Morgan fingerprint density at radius 1 is 0.968 bits per heavy atom. The van der Waals surface area contributed by atoms with Crippen LogP contribution < -0.4 is 15.4 Å². The van der Waals surface area contributed by atoms with Crippen molar-refractivity contribution in [3.63, 3.8) is 0 Å². The van der Waals surface area contributed by atoms with Crippen molar-refractivity contribution in [1.29, 1.82) is 0 Å². The van der Waals surface area contributed by atoms with Crippen LogP contribution in [0.15, 0.2) is 59.8 Å². The number of amides is 2. The third kappa shape index (κ3) is 5.63. The molecule has 0 spiro atoms. The molecule has 2 N–H and O–H groups in total. The summed E-state index contributed by atoms with van der Waals surface area (Å²) in [6.07, 6.45) is 0. The molecular formula is C23H24N2O6. The van der Waals surface area contributed by atoms with Crippen LogP contribution in [0.3, 0.4) is 0 Å². The van der Waals surface area contributed by atoms with Gasteiger partial charge in [-0.1, -0.05) is 36.4 Å². The molecule has 0 aliphatic carbocycles. The van der Waals surface area contributed by atoms with E-state index in [1.165, 1.54) is 0 Å². The van der Waals surface area contributed by atoms with Crippen molar-refractivity contribution in [2.45, 2.75) is 20.5 Å². The van der Waals surface area contributed by atoms with Crippen molar-refractivity contribution in [3.8, 4) is 5.75 Å². The van der Waals surface area contributed by atoms with Crippen LogP contribution in [0.25, 0.3) is 0 Å². The third-order valence-corrected chi connectivity index (χ3v) is 4.68. The van der Waals surface area contributed by atoms with E-state index in [0.717, 1.165) is 11.1 Å². The molecule has 0 saturated carbocycles. The van der Waals surface area contributed by atoms with Gasteiger partial charge in [0.2, 0.25) is 0 Å². The van der Waals surface area contributed by atoms with Crippen molar-refractivity contribution < 1.29 is 28.6 Å². The van der Waals surface area contributed by atoms with Crippen LogP contribution in [0.1, 0.15) is 28.4 Å². The molecular weight excluding hydrogens is 400 g/mol. The lowest BCUT2D eigenvalue weighted by atomic mass is 10.1. The summed E-state index contributed by atoms with van der Waals surface area (Å²) in [4.78, 5) is 36.4. The third-order valence-electron chi connectivity index (χ3n) is 4.68.